The molecule has 1 aliphatic rings. The number of ether oxygens (including phenoxy) is 1. The number of rotatable bonds is 6. The van der Waals surface area contributed by atoms with E-state index >= 15 is 0 Å². The smallest absolute Gasteiger partial charge is 0.120 e. The number of thiazole rings is 1. The SMILES string of the molecule is CCc1nc2ccc(OCCCN3CCNCC3)cc2s1. The summed E-state index contributed by atoms with van der Waals surface area (Å²) < 4.78 is 7.11. The molecule has 3 rings (SSSR count). The molecule has 1 aromatic carbocycles. The van der Waals surface area contributed by atoms with E-state index in [1.165, 1.54) is 9.71 Å². The lowest BCUT2D eigenvalue weighted by molar-refractivity contribution is 0.214. The van der Waals surface area contributed by atoms with Gasteiger partial charge in [0.15, 0.2) is 0 Å². The summed E-state index contributed by atoms with van der Waals surface area (Å²) in [5.41, 5.74) is 1.09. The van der Waals surface area contributed by atoms with E-state index < -0.39 is 0 Å². The zero-order valence-electron chi connectivity index (χ0n) is 12.6. The molecular weight excluding hydrogens is 282 g/mol. The lowest BCUT2D eigenvalue weighted by Gasteiger charge is -2.26. The van der Waals surface area contributed by atoms with Crippen LogP contribution in [0.3, 0.4) is 0 Å². The Kier molecular flexibility index (Phi) is 5.06. The van der Waals surface area contributed by atoms with Crippen molar-refractivity contribution in [1.29, 1.82) is 0 Å². The maximum Gasteiger partial charge on any atom is 0.120 e. The van der Waals surface area contributed by atoms with E-state index in [1.807, 2.05) is 6.07 Å². The molecule has 0 spiro atoms. The van der Waals surface area contributed by atoms with Crippen molar-refractivity contribution in [3.63, 3.8) is 0 Å². The first-order valence-corrected chi connectivity index (χ1v) is 8.62. The van der Waals surface area contributed by atoms with Crippen LogP contribution in [0.2, 0.25) is 0 Å². The Morgan fingerprint density at radius 3 is 3.00 bits per heavy atom. The van der Waals surface area contributed by atoms with Crippen LogP contribution in [0.1, 0.15) is 18.4 Å². The molecule has 5 heteroatoms. The number of aryl methyl sites for hydroxylation is 1. The summed E-state index contributed by atoms with van der Waals surface area (Å²) in [6.07, 6.45) is 2.08. The monoisotopic (exact) mass is 305 g/mol. The van der Waals surface area contributed by atoms with Crippen molar-refractivity contribution in [2.45, 2.75) is 19.8 Å². The second kappa shape index (κ2) is 7.20. The summed E-state index contributed by atoms with van der Waals surface area (Å²) in [7, 11) is 0. The molecule has 0 atom stereocenters. The standard InChI is InChI=1S/C16H23N3OS/c1-2-16-18-14-5-4-13(12-15(14)21-16)20-11-3-8-19-9-6-17-7-10-19/h4-5,12,17H,2-3,6-11H2,1H3. The fourth-order valence-corrected chi connectivity index (χ4v) is 3.54. The van der Waals surface area contributed by atoms with Gasteiger partial charge in [-0.05, 0) is 31.0 Å². The van der Waals surface area contributed by atoms with Crippen molar-refractivity contribution in [1.82, 2.24) is 15.2 Å². The molecule has 0 amide bonds. The van der Waals surface area contributed by atoms with E-state index in [0.717, 1.165) is 63.4 Å². The molecule has 1 aromatic heterocycles. The van der Waals surface area contributed by atoms with Crippen molar-refractivity contribution < 1.29 is 4.74 Å². The van der Waals surface area contributed by atoms with E-state index in [0.29, 0.717) is 0 Å². The van der Waals surface area contributed by atoms with Crippen LogP contribution in [0, 0.1) is 0 Å². The summed E-state index contributed by atoms with van der Waals surface area (Å²) in [4.78, 5) is 7.08. The van der Waals surface area contributed by atoms with Crippen molar-refractivity contribution in [2.24, 2.45) is 0 Å². The molecule has 114 valence electrons. The lowest BCUT2D eigenvalue weighted by atomic mass is 10.3. The maximum atomic E-state index is 5.88. The third kappa shape index (κ3) is 3.93. The predicted octanol–water partition coefficient (Wildman–Crippen LogP) is 2.53. The molecule has 1 N–H and O–H groups in total. The minimum absolute atomic E-state index is 0.787. The van der Waals surface area contributed by atoms with Crippen molar-refractivity contribution in [3.05, 3.63) is 23.2 Å². The molecule has 0 saturated carbocycles. The molecule has 2 aromatic rings. The van der Waals surface area contributed by atoms with E-state index in [9.17, 15) is 0 Å². The van der Waals surface area contributed by atoms with Gasteiger partial charge in [-0.15, -0.1) is 11.3 Å². The van der Waals surface area contributed by atoms with Crippen LogP contribution in [0.25, 0.3) is 10.2 Å². The number of nitrogens with one attached hydrogen (secondary N) is 1. The van der Waals surface area contributed by atoms with Crippen LogP contribution in [0.5, 0.6) is 5.75 Å². The summed E-state index contributed by atoms with van der Waals surface area (Å²) >= 11 is 1.77. The molecule has 0 unspecified atom stereocenters. The van der Waals surface area contributed by atoms with Crippen LogP contribution in [-0.2, 0) is 6.42 Å². The highest BCUT2D eigenvalue weighted by Gasteiger charge is 2.08. The normalized spacial score (nSPS) is 16.4. The van der Waals surface area contributed by atoms with Crippen molar-refractivity contribution >= 4 is 21.6 Å². The Bertz CT molecular complexity index is 578. The van der Waals surface area contributed by atoms with E-state index in [-0.39, 0.29) is 0 Å². The molecule has 1 fully saturated rings. The van der Waals surface area contributed by atoms with Gasteiger partial charge in [0.05, 0.1) is 21.8 Å². The van der Waals surface area contributed by atoms with Gasteiger partial charge in [0.2, 0.25) is 0 Å². The van der Waals surface area contributed by atoms with Gasteiger partial charge in [-0.1, -0.05) is 6.92 Å². The average Bonchev–Trinajstić information content (AvgIpc) is 2.95. The zero-order valence-corrected chi connectivity index (χ0v) is 13.4. The van der Waals surface area contributed by atoms with Gasteiger partial charge in [-0.3, -0.25) is 0 Å². The van der Waals surface area contributed by atoms with Gasteiger partial charge in [-0.25, -0.2) is 4.98 Å². The maximum absolute atomic E-state index is 5.88. The minimum atomic E-state index is 0.787. The highest BCUT2D eigenvalue weighted by atomic mass is 32.1. The highest BCUT2D eigenvalue weighted by molar-refractivity contribution is 7.18. The largest absolute Gasteiger partial charge is 0.493 e. The van der Waals surface area contributed by atoms with Crippen LogP contribution >= 0.6 is 11.3 Å². The summed E-state index contributed by atoms with van der Waals surface area (Å²) in [5.74, 6) is 0.967. The first-order chi connectivity index (χ1) is 10.3. The lowest BCUT2D eigenvalue weighted by Crippen LogP contribution is -2.43. The third-order valence-corrected chi connectivity index (χ3v) is 4.97. The molecule has 2 heterocycles. The van der Waals surface area contributed by atoms with Gasteiger partial charge >= 0.3 is 0 Å². The van der Waals surface area contributed by atoms with Gasteiger partial charge in [0.25, 0.3) is 0 Å². The van der Waals surface area contributed by atoms with Crippen LogP contribution in [-0.4, -0.2) is 49.2 Å². The molecule has 1 saturated heterocycles. The second-order valence-electron chi connectivity index (χ2n) is 5.38. The quantitative estimate of drug-likeness (QED) is 0.832. The van der Waals surface area contributed by atoms with E-state index in [1.54, 1.807) is 11.3 Å². The Morgan fingerprint density at radius 1 is 1.33 bits per heavy atom. The van der Waals surface area contributed by atoms with Crippen molar-refractivity contribution in [2.75, 3.05) is 39.3 Å². The van der Waals surface area contributed by atoms with E-state index in [2.05, 4.69) is 34.3 Å². The number of fused-ring (bicyclic) bond motifs is 1. The zero-order chi connectivity index (χ0) is 14.5. The number of nitrogens with zero attached hydrogens (tertiary/aromatic N) is 2. The Morgan fingerprint density at radius 2 is 2.19 bits per heavy atom. The molecule has 1 aliphatic heterocycles. The predicted molar refractivity (Wildman–Crippen MR) is 88.4 cm³/mol. The summed E-state index contributed by atoms with van der Waals surface area (Å²) in [6.45, 7) is 8.61. The topological polar surface area (TPSA) is 37.4 Å². The van der Waals surface area contributed by atoms with Crippen molar-refractivity contribution in [3.8, 4) is 5.75 Å². The highest BCUT2D eigenvalue weighted by Crippen LogP contribution is 2.26. The van der Waals surface area contributed by atoms with Gasteiger partial charge < -0.3 is 15.0 Å². The van der Waals surface area contributed by atoms with Crippen LogP contribution < -0.4 is 10.1 Å². The molecule has 0 bridgehead atoms. The summed E-state index contributed by atoms with van der Waals surface area (Å²) in [6, 6.07) is 6.22. The Hall–Kier alpha value is -1.17. The molecule has 4 nitrogen and oxygen atoms in total. The first-order valence-electron chi connectivity index (χ1n) is 7.80. The molecule has 0 radical (unpaired) electrons. The number of hydrogen-bond donors (Lipinski definition) is 1. The Labute approximate surface area is 130 Å². The average molecular weight is 305 g/mol. The second-order valence-corrected chi connectivity index (χ2v) is 6.50. The fraction of sp³-hybridized carbons (Fsp3) is 0.562. The fourth-order valence-electron chi connectivity index (χ4n) is 2.61. The van der Waals surface area contributed by atoms with Gasteiger partial charge in [0.1, 0.15) is 5.75 Å². The molecular formula is C16H23N3OS. The van der Waals surface area contributed by atoms with Gasteiger partial charge in [-0.2, -0.15) is 0 Å². The number of benzene rings is 1. The Balaban J connectivity index is 1.48. The summed E-state index contributed by atoms with van der Waals surface area (Å²) in [5, 5.41) is 4.57. The van der Waals surface area contributed by atoms with E-state index in [4.69, 9.17) is 4.74 Å². The molecule has 21 heavy (non-hydrogen) atoms. The first kappa shape index (κ1) is 14.8. The minimum Gasteiger partial charge on any atom is -0.493 e. The number of piperazine rings is 1. The van der Waals surface area contributed by atoms with Crippen LogP contribution in [0.4, 0.5) is 0 Å². The number of aromatic nitrogens is 1. The van der Waals surface area contributed by atoms with Crippen LogP contribution in [0.15, 0.2) is 18.2 Å². The van der Waals surface area contributed by atoms with Gasteiger partial charge in [0, 0.05) is 32.7 Å². The number of hydrogen-bond acceptors (Lipinski definition) is 5. The molecule has 0 aliphatic carbocycles. The third-order valence-electron chi connectivity index (χ3n) is 3.80.